The van der Waals surface area contributed by atoms with E-state index in [1.165, 1.54) is 0 Å². The van der Waals surface area contributed by atoms with Gasteiger partial charge in [0.1, 0.15) is 5.60 Å². The van der Waals surface area contributed by atoms with Gasteiger partial charge in [-0.15, -0.1) is 0 Å². The Bertz CT molecular complexity index is 374. The average molecular weight is 252 g/mol. The van der Waals surface area contributed by atoms with Gasteiger partial charge in [-0.1, -0.05) is 6.07 Å². The van der Waals surface area contributed by atoms with E-state index < -0.39 is 11.7 Å². The van der Waals surface area contributed by atoms with Gasteiger partial charge in [-0.05, 0) is 32.9 Å². The standard InChI is InChI=1S/C13H20N2O3/c1-13(2,3)18-12(16)15-11(9-17-4)10-7-5-6-8-14-10/h5-8,11H,9H2,1-4H3,(H,15,16)/t11-/m1/s1. The zero-order valence-corrected chi connectivity index (χ0v) is 11.3. The van der Waals surface area contributed by atoms with Crippen LogP contribution in [0.15, 0.2) is 24.4 Å². The summed E-state index contributed by atoms with van der Waals surface area (Å²) in [4.78, 5) is 15.9. The van der Waals surface area contributed by atoms with Crippen molar-refractivity contribution < 1.29 is 14.3 Å². The molecule has 1 heterocycles. The molecule has 0 bridgehead atoms. The van der Waals surface area contributed by atoms with Gasteiger partial charge < -0.3 is 14.8 Å². The zero-order valence-electron chi connectivity index (χ0n) is 11.3. The first-order chi connectivity index (χ1) is 8.42. The van der Waals surface area contributed by atoms with Crippen LogP contribution in [0.2, 0.25) is 0 Å². The van der Waals surface area contributed by atoms with E-state index in [0.29, 0.717) is 6.61 Å². The van der Waals surface area contributed by atoms with Gasteiger partial charge in [0.2, 0.25) is 0 Å². The smallest absolute Gasteiger partial charge is 0.408 e. The Balaban J connectivity index is 2.67. The van der Waals surface area contributed by atoms with E-state index in [9.17, 15) is 4.79 Å². The van der Waals surface area contributed by atoms with Crippen LogP contribution in [0.1, 0.15) is 32.5 Å². The highest BCUT2D eigenvalue weighted by molar-refractivity contribution is 5.68. The predicted octanol–water partition coefficient (Wildman–Crippen LogP) is 2.29. The van der Waals surface area contributed by atoms with E-state index in [0.717, 1.165) is 5.69 Å². The summed E-state index contributed by atoms with van der Waals surface area (Å²) in [7, 11) is 1.58. The highest BCUT2D eigenvalue weighted by Gasteiger charge is 2.20. The highest BCUT2D eigenvalue weighted by atomic mass is 16.6. The van der Waals surface area contributed by atoms with Gasteiger partial charge in [-0.3, -0.25) is 4.98 Å². The van der Waals surface area contributed by atoms with Crippen molar-refractivity contribution in [3.8, 4) is 0 Å². The maximum atomic E-state index is 11.7. The molecule has 1 amide bonds. The third-order valence-corrected chi connectivity index (χ3v) is 2.07. The molecule has 1 aromatic heterocycles. The Morgan fingerprint density at radius 2 is 2.17 bits per heavy atom. The molecule has 0 aliphatic carbocycles. The number of carbonyl (C=O) groups excluding carboxylic acids is 1. The molecule has 1 aromatic rings. The highest BCUT2D eigenvalue weighted by Crippen LogP contribution is 2.12. The van der Waals surface area contributed by atoms with Crippen molar-refractivity contribution in [1.29, 1.82) is 0 Å². The monoisotopic (exact) mass is 252 g/mol. The summed E-state index contributed by atoms with van der Waals surface area (Å²) in [6.45, 7) is 5.80. The van der Waals surface area contributed by atoms with E-state index in [1.54, 1.807) is 13.3 Å². The third-order valence-electron chi connectivity index (χ3n) is 2.07. The number of nitrogens with one attached hydrogen (secondary N) is 1. The number of hydrogen-bond acceptors (Lipinski definition) is 4. The number of alkyl carbamates (subject to hydrolysis) is 1. The molecular formula is C13H20N2O3. The molecule has 0 aliphatic rings. The number of ether oxygens (including phenoxy) is 2. The molecule has 0 fully saturated rings. The van der Waals surface area contributed by atoms with Crippen molar-refractivity contribution in [2.45, 2.75) is 32.4 Å². The second-order valence-corrected chi connectivity index (χ2v) is 4.91. The topological polar surface area (TPSA) is 60.5 Å². The number of nitrogens with zero attached hydrogens (tertiary/aromatic N) is 1. The molecule has 100 valence electrons. The molecule has 0 saturated carbocycles. The Labute approximate surface area is 108 Å². The van der Waals surface area contributed by atoms with Crippen molar-refractivity contribution in [1.82, 2.24) is 10.3 Å². The minimum atomic E-state index is -0.522. The van der Waals surface area contributed by atoms with Gasteiger partial charge in [-0.2, -0.15) is 0 Å². The van der Waals surface area contributed by atoms with E-state index in [1.807, 2.05) is 39.0 Å². The van der Waals surface area contributed by atoms with Crippen molar-refractivity contribution in [2.24, 2.45) is 0 Å². The molecule has 1 rings (SSSR count). The first-order valence-corrected chi connectivity index (χ1v) is 5.82. The summed E-state index contributed by atoms with van der Waals surface area (Å²) in [6, 6.07) is 5.20. The Hall–Kier alpha value is -1.62. The Morgan fingerprint density at radius 1 is 1.44 bits per heavy atom. The predicted molar refractivity (Wildman–Crippen MR) is 68.2 cm³/mol. The quantitative estimate of drug-likeness (QED) is 0.893. The number of carbonyl (C=O) groups is 1. The lowest BCUT2D eigenvalue weighted by molar-refractivity contribution is 0.0466. The zero-order chi connectivity index (χ0) is 13.6. The first-order valence-electron chi connectivity index (χ1n) is 5.82. The lowest BCUT2D eigenvalue weighted by Crippen LogP contribution is -2.36. The third kappa shape index (κ3) is 5.14. The average Bonchev–Trinajstić information content (AvgIpc) is 2.27. The molecule has 5 nitrogen and oxygen atoms in total. The van der Waals surface area contributed by atoms with Crippen LogP contribution in [-0.4, -0.2) is 30.4 Å². The Morgan fingerprint density at radius 3 is 2.67 bits per heavy atom. The van der Waals surface area contributed by atoms with Gasteiger partial charge in [0.15, 0.2) is 0 Å². The first kappa shape index (κ1) is 14.4. The molecule has 0 saturated heterocycles. The minimum absolute atomic E-state index is 0.314. The maximum absolute atomic E-state index is 11.7. The number of aromatic nitrogens is 1. The molecule has 1 atom stereocenters. The molecule has 5 heteroatoms. The number of amides is 1. The van der Waals surface area contributed by atoms with Crippen LogP contribution in [-0.2, 0) is 9.47 Å². The van der Waals surface area contributed by atoms with Gasteiger partial charge in [0, 0.05) is 13.3 Å². The second-order valence-electron chi connectivity index (χ2n) is 4.91. The fourth-order valence-electron chi connectivity index (χ4n) is 1.40. The summed E-state index contributed by atoms with van der Waals surface area (Å²) in [5.74, 6) is 0. The van der Waals surface area contributed by atoms with Gasteiger partial charge in [-0.25, -0.2) is 4.79 Å². The molecule has 1 N–H and O–H groups in total. The van der Waals surface area contributed by atoms with Crippen LogP contribution in [0.3, 0.4) is 0 Å². The summed E-state index contributed by atoms with van der Waals surface area (Å²) >= 11 is 0. The summed E-state index contributed by atoms with van der Waals surface area (Å²) in [6.07, 6.45) is 1.20. The lowest BCUT2D eigenvalue weighted by atomic mass is 10.2. The minimum Gasteiger partial charge on any atom is -0.444 e. The van der Waals surface area contributed by atoms with Crippen molar-refractivity contribution in [2.75, 3.05) is 13.7 Å². The number of rotatable bonds is 4. The van der Waals surface area contributed by atoms with Crippen molar-refractivity contribution in [3.63, 3.8) is 0 Å². The molecule has 0 aromatic carbocycles. The molecule has 0 aliphatic heterocycles. The Kier molecular flexibility index (Phi) is 5.09. The number of pyridine rings is 1. The number of hydrogen-bond donors (Lipinski definition) is 1. The SMILES string of the molecule is COC[C@@H](NC(=O)OC(C)(C)C)c1ccccn1. The normalized spacial score (nSPS) is 12.9. The van der Waals surface area contributed by atoms with Crippen LogP contribution in [0.5, 0.6) is 0 Å². The summed E-state index contributed by atoms with van der Waals surface area (Å²) in [5, 5.41) is 2.74. The van der Waals surface area contributed by atoms with Crippen LogP contribution in [0.4, 0.5) is 4.79 Å². The molecular weight excluding hydrogens is 232 g/mol. The van der Waals surface area contributed by atoms with Crippen molar-refractivity contribution in [3.05, 3.63) is 30.1 Å². The fourth-order valence-corrected chi connectivity index (χ4v) is 1.40. The van der Waals surface area contributed by atoms with Gasteiger partial charge in [0.25, 0.3) is 0 Å². The summed E-state index contributed by atoms with van der Waals surface area (Å²) < 4.78 is 10.3. The maximum Gasteiger partial charge on any atom is 0.408 e. The van der Waals surface area contributed by atoms with Crippen LogP contribution in [0, 0.1) is 0 Å². The molecule has 18 heavy (non-hydrogen) atoms. The van der Waals surface area contributed by atoms with E-state index in [2.05, 4.69) is 10.3 Å². The van der Waals surface area contributed by atoms with Crippen LogP contribution < -0.4 is 5.32 Å². The van der Waals surface area contributed by atoms with Crippen LogP contribution in [0.25, 0.3) is 0 Å². The molecule has 0 unspecified atom stereocenters. The van der Waals surface area contributed by atoms with E-state index >= 15 is 0 Å². The van der Waals surface area contributed by atoms with Gasteiger partial charge in [0.05, 0.1) is 18.3 Å². The second kappa shape index (κ2) is 6.35. The fraction of sp³-hybridized carbons (Fsp3) is 0.538. The number of methoxy groups -OCH3 is 1. The largest absolute Gasteiger partial charge is 0.444 e. The van der Waals surface area contributed by atoms with E-state index in [4.69, 9.17) is 9.47 Å². The van der Waals surface area contributed by atoms with Crippen molar-refractivity contribution >= 4 is 6.09 Å². The van der Waals surface area contributed by atoms with E-state index in [-0.39, 0.29) is 6.04 Å². The molecule has 0 spiro atoms. The lowest BCUT2D eigenvalue weighted by Gasteiger charge is -2.23. The summed E-state index contributed by atoms with van der Waals surface area (Å²) in [5.41, 5.74) is 0.219. The van der Waals surface area contributed by atoms with Crippen LogP contribution >= 0.6 is 0 Å². The van der Waals surface area contributed by atoms with Gasteiger partial charge >= 0.3 is 6.09 Å². The molecule has 0 radical (unpaired) electrons.